The number of nitrogens with zero attached hydrogens (tertiary/aromatic N) is 1. The number of methoxy groups -OCH3 is 1. The molecule has 1 heterocycles. The van der Waals surface area contributed by atoms with Crippen LogP contribution in [0, 0.1) is 0 Å². The van der Waals surface area contributed by atoms with E-state index in [1.54, 1.807) is 24.0 Å². The van der Waals surface area contributed by atoms with Crippen molar-refractivity contribution in [3.8, 4) is 0 Å². The minimum atomic E-state index is -0.565. The van der Waals surface area contributed by atoms with E-state index in [2.05, 4.69) is 10.1 Å². The van der Waals surface area contributed by atoms with E-state index in [-0.39, 0.29) is 29.6 Å². The highest BCUT2D eigenvalue weighted by Crippen LogP contribution is 2.24. The van der Waals surface area contributed by atoms with Crippen LogP contribution in [0.15, 0.2) is 18.2 Å². The number of hydrogen-bond acceptors (Lipinski definition) is 6. The molecule has 0 aliphatic carbocycles. The van der Waals surface area contributed by atoms with Gasteiger partial charge in [0.2, 0.25) is 11.8 Å². The fraction of sp³-hybridized carbons (Fsp3) is 0.308. The number of carbonyl (C=O) groups excluding carboxylic acids is 3. The van der Waals surface area contributed by atoms with Crippen molar-refractivity contribution in [3.63, 3.8) is 0 Å². The molecular weight excluding hydrogens is 262 g/mol. The number of nitrogen functional groups attached to an aromatic ring is 1. The van der Waals surface area contributed by atoms with E-state index in [0.29, 0.717) is 5.69 Å². The molecule has 0 aromatic heterocycles. The molecule has 0 saturated carbocycles. The number of imide groups is 1. The van der Waals surface area contributed by atoms with Crippen molar-refractivity contribution in [2.75, 3.05) is 24.3 Å². The number of anilines is 2. The summed E-state index contributed by atoms with van der Waals surface area (Å²) in [5.74, 6) is -1.33. The van der Waals surface area contributed by atoms with Crippen molar-refractivity contribution >= 4 is 29.2 Å². The Morgan fingerprint density at radius 2 is 2.15 bits per heavy atom. The van der Waals surface area contributed by atoms with E-state index in [9.17, 15) is 14.4 Å². The van der Waals surface area contributed by atoms with Gasteiger partial charge in [-0.2, -0.15) is 0 Å². The summed E-state index contributed by atoms with van der Waals surface area (Å²) < 4.78 is 4.64. The number of nitrogens with one attached hydrogen (secondary N) is 1. The lowest BCUT2D eigenvalue weighted by Crippen LogP contribution is -2.57. The molecule has 1 aliphatic rings. The van der Waals surface area contributed by atoms with Crippen molar-refractivity contribution in [3.05, 3.63) is 23.8 Å². The van der Waals surface area contributed by atoms with E-state index in [1.807, 2.05) is 0 Å². The Morgan fingerprint density at radius 3 is 2.80 bits per heavy atom. The Morgan fingerprint density at radius 1 is 1.45 bits per heavy atom. The number of rotatable bonds is 2. The number of esters is 1. The number of ether oxygens (including phenoxy) is 1. The average Bonchev–Trinajstić information content (AvgIpc) is 2.42. The van der Waals surface area contributed by atoms with Crippen LogP contribution in [0.4, 0.5) is 11.4 Å². The van der Waals surface area contributed by atoms with Gasteiger partial charge < -0.3 is 15.4 Å². The molecule has 1 saturated heterocycles. The summed E-state index contributed by atoms with van der Waals surface area (Å²) in [6.07, 6.45) is 0. The standard InChI is InChI=1S/C13H15N3O4/c1-7-12(18)15-11(17)6-16(7)8-3-4-10(14)9(5-8)13(19)20-2/h3-5,7H,6,14H2,1-2H3,(H,15,17,18). The number of nitrogens with two attached hydrogens (primary N) is 1. The fourth-order valence-electron chi connectivity index (χ4n) is 2.04. The van der Waals surface area contributed by atoms with Crippen molar-refractivity contribution in [2.45, 2.75) is 13.0 Å². The molecule has 1 aromatic carbocycles. The minimum absolute atomic E-state index is 0.0391. The molecule has 20 heavy (non-hydrogen) atoms. The first-order chi connectivity index (χ1) is 9.43. The quantitative estimate of drug-likeness (QED) is 0.445. The highest BCUT2D eigenvalue weighted by Gasteiger charge is 2.30. The largest absolute Gasteiger partial charge is 0.465 e. The van der Waals surface area contributed by atoms with E-state index >= 15 is 0 Å². The predicted octanol–water partition coefficient (Wildman–Crippen LogP) is -0.0933. The van der Waals surface area contributed by atoms with Crippen LogP contribution >= 0.6 is 0 Å². The first kappa shape index (κ1) is 13.9. The lowest BCUT2D eigenvalue weighted by Gasteiger charge is -2.33. The van der Waals surface area contributed by atoms with E-state index in [4.69, 9.17) is 5.73 Å². The van der Waals surface area contributed by atoms with Gasteiger partial charge in [0.15, 0.2) is 0 Å². The monoisotopic (exact) mass is 277 g/mol. The summed E-state index contributed by atoms with van der Waals surface area (Å²) in [5, 5.41) is 2.25. The zero-order valence-corrected chi connectivity index (χ0v) is 11.2. The molecule has 0 radical (unpaired) electrons. The van der Waals surface area contributed by atoms with Crippen molar-refractivity contribution in [2.24, 2.45) is 0 Å². The zero-order valence-electron chi connectivity index (χ0n) is 11.2. The molecule has 2 rings (SSSR count). The molecule has 7 nitrogen and oxygen atoms in total. The maximum absolute atomic E-state index is 11.6. The van der Waals surface area contributed by atoms with Gasteiger partial charge in [-0.25, -0.2) is 4.79 Å². The van der Waals surface area contributed by atoms with Crippen LogP contribution in [-0.4, -0.2) is 37.5 Å². The van der Waals surface area contributed by atoms with Gasteiger partial charge in [0.25, 0.3) is 0 Å². The smallest absolute Gasteiger partial charge is 0.340 e. The van der Waals surface area contributed by atoms with Crippen LogP contribution in [0.2, 0.25) is 0 Å². The van der Waals surface area contributed by atoms with Gasteiger partial charge >= 0.3 is 5.97 Å². The number of hydrogen-bond donors (Lipinski definition) is 2. The van der Waals surface area contributed by atoms with Crippen LogP contribution in [0.25, 0.3) is 0 Å². The fourth-order valence-corrected chi connectivity index (χ4v) is 2.04. The van der Waals surface area contributed by atoms with Gasteiger partial charge in [-0.3, -0.25) is 14.9 Å². The first-order valence-electron chi connectivity index (χ1n) is 6.02. The maximum Gasteiger partial charge on any atom is 0.340 e. The zero-order chi connectivity index (χ0) is 14.9. The molecule has 2 amide bonds. The molecule has 3 N–H and O–H groups in total. The number of piperazine rings is 1. The van der Waals surface area contributed by atoms with Gasteiger partial charge in [0.1, 0.15) is 6.04 Å². The van der Waals surface area contributed by atoms with Gasteiger partial charge in [-0.05, 0) is 25.1 Å². The second-order valence-corrected chi connectivity index (χ2v) is 4.48. The Balaban J connectivity index is 2.39. The SMILES string of the molecule is COC(=O)c1cc(N2CC(=O)NC(=O)C2C)ccc1N. The van der Waals surface area contributed by atoms with Gasteiger partial charge in [-0.15, -0.1) is 0 Å². The molecule has 1 unspecified atom stereocenters. The highest BCUT2D eigenvalue weighted by molar-refractivity contribution is 6.05. The second-order valence-electron chi connectivity index (χ2n) is 4.48. The number of amides is 2. The normalized spacial score (nSPS) is 18.7. The summed E-state index contributed by atoms with van der Waals surface area (Å²) in [5.41, 5.74) is 6.77. The molecule has 0 bridgehead atoms. The Hall–Kier alpha value is -2.57. The molecule has 1 aliphatic heterocycles. The van der Waals surface area contributed by atoms with E-state index in [0.717, 1.165) is 0 Å². The van der Waals surface area contributed by atoms with Crippen molar-refractivity contribution < 1.29 is 19.1 Å². The first-order valence-corrected chi connectivity index (χ1v) is 6.02. The third kappa shape index (κ3) is 2.42. The number of benzene rings is 1. The van der Waals surface area contributed by atoms with E-state index < -0.39 is 12.0 Å². The van der Waals surface area contributed by atoms with Gasteiger partial charge in [0, 0.05) is 11.4 Å². The Kier molecular flexibility index (Phi) is 3.60. The molecular formula is C13H15N3O4. The third-order valence-electron chi connectivity index (χ3n) is 3.20. The Labute approximate surface area is 115 Å². The molecule has 0 spiro atoms. The summed E-state index contributed by atoms with van der Waals surface area (Å²) in [4.78, 5) is 36.3. The average molecular weight is 277 g/mol. The summed E-state index contributed by atoms with van der Waals surface area (Å²) >= 11 is 0. The third-order valence-corrected chi connectivity index (χ3v) is 3.20. The lowest BCUT2D eigenvalue weighted by molar-refractivity contribution is -0.132. The molecule has 1 fully saturated rings. The minimum Gasteiger partial charge on any atom is -0.465 e. The topological polar surface area (TPSA) is 102 Å². The van der Waals surface area contributed by atoms with Crippen LogP contribution in [-0.2, 0) is 14.3 Å². The maximum atomic E-state index is 11.6. The number of carbonyl (C=O) groups is 3. The molecule has 1 atom stereocenters. The predicted molar refractivity (Wildman–Crippen MR) is 72.2 cm³/mol. The van der Waals surface area contributed by atoms with Crippen LogP contribution < -0.4 is 16.0 Å². The summed E-state index contributed by atoms with van der Waals surface area (Å²) in [7, 11) is 1.26. The van der Waals surface area contributed by atoms with Gasteiger partial charge in [-0.1, -0.05) is 0 Å². The molecule has 1 aromatic rings. The van der Waals surface area contributed by atoms with E-state index in [1.165, 1.54) is 13.2 Å². The summed E-state index contributed by atoms with van der Waals surface area (Å²) in [6.45, 7) is 1.72. The van der Waals surface area contributed by atoms with Crippen molar-refractivity contribution in [1.82, 2.24) is 5.32 Å². The molecule has 106 valence electrons. The second kappa shape index (κ2) is 5.20. The van der Waals surface area contributed by atoms with Crippen LogP contribution in [0.1, 0.15) is 17.3 Å². The van der Waals surface area contributed by atoms with Crippen LogP contribution in [0.5, 0.6) is 0 Å². The summed E-state index contributed by atoms with van der Waals surface area (Å²) in [6, 6.07) is 4.21. The molecule has 7 heteroatoms. The lowest BCUT2D eigenvalue weighted by atomic mass is 10.1. The van der Waals surface area contributed by atoms with Crippen molar-refractivity contribution in [1.29, 1.82) is 0 Å². The van der Waals surface area contributed by atoms with Crippen LogP contribution in [0.3, 0.4) is 0 Å². The van der Waals surface area contributed by atoms with Gasteiger partial charge in [0.05, 0.1) is 19.2 Å². The Bertz CT molecular complexity index is 585. The highest BCUT2D eigenvalue weighted by atomic mass is 16.5.